The van der Waals surface area contributed by atoms with E-state index in [-0.39, 0.29) is 36.8 Å². The Balaban J connectivity index is 1.63. The zero-order valence-electron chi connectivity index (χ0n) is 22.8. The summed E-state index contributed by atoms with van der Waals surface area (Å²) in [5.41, 5.74) is 0.298. The predicted molar refractivity (Wildman–Crippen MR) is 143 cm³/mol. The largest absolute Gasteiger partial charge is 0.491 e. The maximum Gasteiger partial charge on any atom is 0.255 e. The van der Waals surface area contributed by atoms with Gasteiger partial charge in [0.25, 0.3) is 5.91 Å². The molecule has 0 bridgehead atoms. The van der Waals surface area contributed by atoms with Gasteiger partial charge >= 0.3 is 0 Å². The van der Waals surface area contributed by atoms with Gasteiger partial charge in [-0.15, -0.1) is 0 Å². The van der Waals surface area contributed by atoms with Crippen LogP contribution in [0.25, 0.3) is 0 Å². The van der Waals surface area contributed by atoms with E-state index < -0.39 is 23.9 Å². The Morgan fingerprint density at radius 2 is 1.79 bits per heavy atom. The van der Waals surface area contributed by atoms with Crippen molar-refractivity contribution in [2.75, 3.05) is 45.9 Å². The summed E-state index contributed by atoms with van der Waals surface area (Å²) < 4.78 is 6.10. The van der Waals surface area contributed by atoms with Crippen molar-refractivity contribution in [1.82, 2.24) is 25.3 Å². The number of hydrogen-bond donors (Lipinski definition) is 2. The molecule has 2 N–H and O–H groups in total. The molecular formula is C28H41N5O5. The summed E-state index contributed by atoms with van der Waals surface area (Å²) in [5.74, 6) is -0.722. The lowest BCUT2D eigenvalue weighted by Crippen LogP contribution is -2.57. The molecule has 10 nitrogen and oxygen atoms in total. The molecule has 3 atom stereocenters. The normalized spacial score (nSPS) is 25.7. The van der Waals surface area contributed by atoms with Crippen molar-refractivity contribution < 1.29 is 23.9 Å². The third-order valence-electron chi connectivity index (χ3n) is 7.69. The van der Waals surface area contributed by atoms with Gasteiger partial charge < -0.3 is 30.1 Å². The highest BCUT2D eigenvalue weighted by atomic mass is 16.5. The molecular weight excluding hydrogens is 486 g/mol. The van der Waals surface area contributed by atoms with Gasteiger partial charge in [0.05, 0.1) is 18.0 Å². The van der Waals surface area contributed by atoms with Gasteiger partial charge in [-0.25, -0.2) is 0 Å². The summed E-state index contributed by atoms with van der Waals surface area (Å²) in [7, 11) is 0. The number of amides is 4. The van der Waals surface area contributed by atoms with E-state index in [0.717, 1.165) is 32.5 Å². The molecule has 0 spiro atoms. The molecule has 2 saturated heterocycles. The maximum atomic E-state index is 13.6. The molecule has 0 saturated carbocycles. The average molecular weight is 528 g/mol. The van der Waals surface area contributed by atoms with Gasteiger partial charge in [-0.05, 0) is 43.9 Å². The summed E-state index contributed by atoms with van der Waals surface area (Å²) in [4.78, 5) is 59.6. The van der Waals surface area contributed by atoms with Crippen LogP contribution in [0.15, 0.2) is 24.3 Å². The van der Waals surface area contributed by atoms with Crippen molar-refractivity contribution in [2.45, 2.75) is 64.6 Å². The molecule has 1 aromatic rings. The van der Waals surface area contributed by atoms with E-state index in [1.165, 1.54) is 0 Å². The molecule has 0 aliphatic carbocycles. The Labute approximate surface area is 225 Å². The fraction of sp³-hybridized carbons (Fsp3) is 0.643. The van der Waals surface area contributed by atoms with Crippen molar-refractivity contribution in [2.24, 2.45) is 5.92 Å². The Morgan fingerprint density at radius 3 is 2.50 bits per heavy atom. The monoisotopic (exact) mass is 527 g/mol. The van der Waals surface area contributed by atoms with Crippen LogP contribution < -0.4 is 15.4 Å². The zero-order chi connectivity index (χ0) is 27.2. The second-order valence-electron chi connectivity index (χ2n) is 10.9. The summed E-state index contributed by atoms with van der Waals surface area (Å²) in [5, 5.41) is 5.71. The number of piperazine rings is 1. The Morgan fingerprint density at radius 1 is 1.05 bits per heavy atom. The summed E-state index contributed by atoms with van der Waals surface area (Å²) in [6.45, 7) is 10.4. The van der Waals surface area contributed by atoms with Gasteiger partial charge in [-0.1, -0.05) is 32.9 Å². The number of para-hydroxylation sites is 1. The van der Waals surface area contributed by atoms with Crippen molar-refractivity contribution in [3.63, 3.8) is 0 Å². The van der Waals surface area contributed by atoms with Crippen LogP contribution in [0, 0.1) is 5.92 Å². The number of benzene rings is 1. The maximum absolute atomic E-state index is 13.6. The van der Waals surface area contributed by atoms with E-state index in [2.05, 4.69) is 22.5 Å². The Hall–Kier alpha value is -3.14. The van der Waals surface area contributed by atoms with Crippen LogP contribution in [0.2, 0.25) is 0 Å². The van der Waals surface area contributed by atoms with E-state index in [9.17, 15) is 19.2 Å². The Kier molecular flexibility index (Phi) is 9.25. The molecule has 4 rings (SSSR count). The molecule has 0 radical (unpaired) electrons. The number of nitrogens with zero attached hydrogens (tertiary/aromatic N) is 3. The summed E-state index contributed by atoms with van der Waals surface area (Å²) in [6, 6.07) is 5.00. The summed E-state index contributed by atoms with van der Waals surface area (Å²) in [6.07, 6.45) is 1.89. The highest BCUT2D eigenvalue weighted by Crippen LogP contribution is 2.24. The molecule has 0 unspecified atom stereocenters. The van der Waals surface area contributed by atoms with Crippen LogP contribution in [-0.2, 0) is 14.4 Å². The lowest BCUT2D eigenvalue weighted by Gasteiger charge is -2.36. The van der Waals surface area contributed by atoms with Crippen molar-refractivity contribution >= 4 is 23.6 Å². The fourth-order valence-electron chi connectivity index (χ4n) is 5.54. The zero-order valence-corrected chi connectivity index (χ0v) is 22.8. The highest BCUT2D eigenvalue weighted by Gasteiger charge is 2.37. The van der Waals surface area contributed by atoms with E-state index in [1.807, 2.05) is 13.8 Å². The molecule has 3 aliphatic heterocycles. The molecule has 1 aromatic carbocycles. The first kappa shape index (κ1) is 27.9. The smallest absolute Gasteiger partial charge is 0.255 e. The molecule has 2 fully saturated rings. The molecule has 38 heavy (non-hydrogen) atoms. The molecule has 3 aliphatic rings. The summed E-state index contributed by atoms with van der Waals surface area (Å²) >= 11 is 0. The predicted octanol–water partition coefficient (Wildman–Crippen LogP) is 1.25. The van der Waals surface area contributed by atoms with Crippen LogP contribution in [0.3, 0.4) is 0 Å². The standard InChI is InChI=1S/C28H41N5O5/c1-4-31-12-14-32(15-13-31)27(36)23-17-25(34)29-22(16-19(2)3)28(37)33-11-7-8-20(33)18-38-24-10-6-5-9-21(24)26(35)30-23/h5-6,9-10,19-20,22-23H,4,7-8,11-18H2,1-3H3,(H,29,34)(H,30,35)/t20-,22+,23+/m1/s1. The number of rotatable bonds is 4. The first-order valence-electron chi connectivity index (χ1n) is 13.9. The number of fused-ring (bicyclic) bond motifs is 2. The van der Waals surface area contributed by atoms with Crippen molar-refractivity contribution in [3.8, 4) is 5.75 Å². The average Bonchev–Trinajstić information content (AvgIpc) is 3.38. The van der Waals surface area contributed by atoms with Crippen molar-refractivity contribution in [1.29, 1.82) is 0 Å². The minimum absolute atomic E-state index is 0.119. The molecule has 0 aromatic heterocycles. The van der Waals surface area contributed by atoms with Gasteiger partial charge in [-0.3, -0.25) is 19.2 Å². The number of ether oxygens (including phenoxy) is 1. The van der Waals surface area contributed by atoms with E-state index in [4.69, 9.17) is 4.74 Å². The van der Waals surface area contributed by atoms with Gasteiger partial charge in [0, 0.05) is 32.7 Å². The van der Waals surface area contributed by atoms with E-state index >= 15 is 0 Å². The first-order valence-corrected chi connectivity index (χ1v) is 13.9. The van der Waals surface area contributed by atoms with Crippen LogP contribution >= 0.6 is 0 Å². The van der Waals surface area contributed by atoms with Crippen LogP contribution in [0.4, 0.5) is 0 Å². The highest BCUT2D eigenvalue weighted by molar-refractivity contribution is 6.01. The molecule has 4 amide bonds. The SMILES string of the molecule is CCN1CCN(C(=O)[C@@H]2CC(=O)N[C@@H](CC(C)C)C(=O)N3CCC[C@@H]3COc3ccccc3C(=O)N2)CC1. The number of carbonyl (C=O) groups is 4. The lowest BCUT2D eigenvalue weighted by molar-refractivity contribution is -0.139. The first-order chi connectivity index (χ1) is 18.3. The molecule has 3 heterocycles. The lowest BCUT2D eigenvalue weighted by atomic mass is 10.0. The van der Waals surface area contributed by atoms with Crippen LogP contribution in [-0.4, -0.2) is 102 Å². The van der Waals surface area contributed by atoms with E-state index in [1.54, 1.807) is 34.1 Å². The van der Waals surface area contributed by atoms with Gasteiger partial charge in [-0.2, -0.15) is 0 Å². The second-order valence-corrected chi connectivity index (χ2v) is 10.9. The van der Waals surface area contributed by atoms with Gasteiger partial charge in [0.15, 0.2) is 0 Å². The van der Waals surface area contributed by atoms with Gasteiger partial charge in [0.1, 0.15) is 24.4 Å². The number of nitrogens with one attached hydrogen (secondary N) is 2. The second kappa shape index (κ2) is 12.6. The van der Waals surface area contributed by atoms with Crippen LogP contribution in [0.5, 0.6) is 5.75 Å². The minimum Gasteiger partial charge on any atom is -0.491 e. The number of likely N-dealkylation sites (N-methyl/N-ethyl adjacent to an activating group) is 1. The third kappa shape index (κ3) is 6.64. The topological polar surface area (TPSA) is 111 Å². The van der Waals surface area contributed by atoms with Crippen molar-refractivity contribution in [3.05, 3.63) is 29.8 Å². The molecule has 208 valence electrons. The number of hydrogen-bond acceptors (Lipinski definition) is 6. The fourth-order valence-corrected chi connectivity index (χ4v) is 5.54. The van der Waals surface area contributed by atoms with Crippen LogP contribution in [0.1, 0.15) is 56.8 Å². The number of carbonyl (C=O) groups excluding carboxylic acids is 4. The third-order valence-corrected chi connectivity index (χ3v) is 7.69. The van der Waals surface area contributed by atoms with E-state index in [0.29, 0.717) is 37.4 Å². The molecule has 10 heteroatoms. The minimum atomic E-state index is -1.05. The Bertz CT molecular complexity index is 1020. The van der Waals surface area contributed by atoms with Gasteiger partial charge in [0.2, 0.25) is 17.7 Å². The quantitative estimate of drug-likeness (QED) is 0.610.